The summed E-state index contributed by atoms with van der Waals surface area (Å²) in [6.45, 7) is 7.39. The van der Waals surface area contributed by atoms with Crippen molar-refractivity contribution in [2.75, 3.05) is 6.54 Å². The molecule has 0 N–H and O–H groups in total. The molecule has 0 spiro atoms. The molecule has 1 fully saturated rings. The maximum absolute atomic E-state index is 12.0. The Morgan fingerprint density at radius 1 is 1.25 bits per heavy atom. The molecule has 0 saturated heterocycles. The molecule has 0 unspecified atom stereocenters. The molecule has 0 aromatic rings. The molecule has 0 atom stereocenters. The number of nitrogens with zero attached hydrogens (tertiary/aromatic N) is 1. The summed E-state index contributed by atoms with van der Waals surface area (Å²) >= 11 is 0. The van der Waals surface area contributed by atoms with Crippen molar-refractivity contribution in [3.05, 3.63) is 11.6 Å². The van der Waals surface area contributed by atoms with Gasteiger partial charge < -0.3 is 4.90 Å². The molecule has 0 aromatic heterocycles. The Kier molecular flexibility index (Phi) is 5.58. The first-order chi connectivity index (χ1) is 7.72. The van der Waals surface area contributed by atoms with Crippen molar-refractivity contribution in [2.24, 2.45) is 0 Å². The highest BCUT2D eigenvalue weighted by atomic mass is 16.2. The fourth-order valence-electron chi connectivity index (χ4n) is 2.03. The zero-order valence-electron chi connectivity index (χ0n) is 11.0. The first kappa shape index (κ1) is 13.3. The van der Waals surface area contributed by atoms with Crippen LogP contribution in [-0.4, -0.2) is 23.4 Å². The Balaban J connectivity index is 2.45. The molecule has 1 saturated carbocycles. The third-order valence-electron chi connectivity index (χ3n) is 3.25. The van der Waals surface area contributed by atoms with Gasteiger partial charge in [-0.3, -0.25) is 4.79 Å². The highest BCUT2D eigenvalue weighted by Crippen LogP contribution is 2.27. The van der Waals surface area contributed by atoms with E-state index in [0.29, 0.717) is 18.4 Å². The molecule has 1 rings (SSSR count). The molecule has 0 heterocycles. The molecule has 0 bridgehead atoms. The van der Waals surface area contributed by atoms with Crippen molar-refractivity contribution < 1.29 is 4.79 Å². The van der Waals surface area contributed by atoms with Gasteiger partial charge in [0.2, 0.25) is 5.91 Å². The Labute approximate surface area is 99.7 Å². The zero-order valence-corrected chi connectivity index (χ0v) is 11.0. The molecule has 2 nitrogen and oxygen atoms in total. The molecule has 0 radical (unpaired) electrons. The summed E-state index contributed by atoms with van der Waals surface area (Å²) in [6, 6.07) is 0.563. The van der Waals surface area contributed by atoms with Gasteiger partial charge in [0.15, 0.2) is 0 Å². The Bertz CT molecular complexity index is 247. The minimum atomic E-state index is 0.323. The van der Waals surface area contributed by atoms with E-state index in [9.17, 15) is 4.79 Å². The SMILES string of the molecule is CCCN(C(=O)CC=C(CC)CC)C1CC1. The van der Waals surface area contributed by atoms with E-state index in [1.807, 2.05) is 0 Å². The molecular weight excluding hydrogens is 198 g/mol. The number of carbonyl (C=O) groups excluding carboxylic acids is 1. The van der Waals surface area contributed by atoms with Crippen LogP contribution in [0.1, 0.15) is 59.3 Å². The highest BCUT2D eigenvalue weighted by molar-refractivity contribution is 5.78. The van der Waals surface area contributed by atoms with Crippen molar-refractivity contribution in [1.29, 1.82) is 0 Å². The van der Waals surface area contributed by atoms with E-state index < -0.39 is 0 Å². The largest absolute Gasteiger partial charge is 0.339 e. The summed E-state index contributed by atoms with van der Waals surface area (Å²) in [6.07, 6.45) is 8.37. The van der Waals surface area contributed by atoms with Gasteiger partial charge in [-0.15, -0.1) is 0 Å². The van der Waals surface area contributed by atoms with Crippen LogP contribution in [0.3, 0.4) is 0 Å². The standard InChI is InChI=1S/C14H25NO/c1-4-11-15(13-8-9-13)14(16)10-7-12(5-2)6-3/h7,13H,4-6,8-11H2,1-3H3. The minimum absolute atomic E-state index is 0.323. The topological polar surface area (TPSA) is 20.3 Å². The van der Waals surface area contributed by atoms with Crippen LogP contribution in [0.4, 0.5) is 0 Å². The van der Waals surface area contributed by atoms with Gasteiger partial charge in [0.1, 0.15) is 0 Å². The van der Waals surface area contributed by atoms with Crippen LogP contribution in [0.2, 0.25) is 0 Å². The average Bonchev–Trinajstić information content (AvgIpc) is 3.11. The molecule has 2 heteroatoms. The summed E-state index contributed by atoms with van der Waals surface area (Å²) in [4.78, 5) is 14.1. The number of carbonyl (C=O) groups is 1. The van der Waals surface area contributed by atoms with E-state index in [1.165, 1.54) is 18.4 Å². The Morgan fingerprint density at radius 3 is 2.31 bits per heavy atom. The van der Waals surface area contributed by atoms with E-state index in [-0.39, 0.29) is 0 Å². The van der Waals surface area contributed by atoms with Gasteiger partial charge in [0, 0.05) is 19.0 Å². The second-order valence-electron chi connectivity index (χ2n) is 4.59. The quantitative estimate of drug-likeness (QED) is 0.605. The number of hydrogen-bond acceptors (Lipinski definition) is 1. The summed E-state index contributed by atoms with van der Waals surface area (Å²) < 4.78 is 0. The Morgan fingerprint density at radius 2 is 1.88 bits per heavy atom. The lowest BCUT2D eigenvalue weighted by Crippen LogP contribution is -2.33. The molecule has 92 valence electrons. The lowest BCUT2D eigenvalue weighted by Gasteiger charge is -2.21. The number of amides is 1. The third kappa shape index (κ3) is 3.99. The molecule has 1 amide bonds. The van der Waals surface area contributed by atoms with Gasteiger partial charge in [0.05, 0.1) is 0 Å². The average molecular weight is 223 g/mol. The summed E-state index contributed by atoms with van der Waals surface area (Å²) in [5.74, 6) is 0.323. The van der Waals surface area contributed by atoms with Crippen LogP contribution < -0.4 is 0 Å². The highest BCUT2D eigenvalue weighted by Gasteiger charge is 2.31. The van der Waals surface area contributed by atoms with Gasteiger partial charge in [-0.2, -0.15) is 0 Å². The summed E-state index contributed by atoms with van der Waals surface area (Å²) in [5, 5.41) is 0. The number of allylic oxidation sites excluding steroid dienone is 1. The maximum atomic E-state index is 12.0. The van der Waals surface area contributed by atoms with Crippen molar-refractivity contribution in [3.63, 3.8) is 0 Å². The second-order valence-corrected chi connectivity index (χ2v) is 4.59. The second kappa shape index (κ2) is 6.72. The molecule has 16 heavy (non-hydrogen) atoms. The fraction of sp³-hybridized carbons (Fsp3) is 0.786. The van der Waals surface area contributed by atoms with Gasteiger partial charge in [-0.05, 0) is 32.1 Å². The monoisotopic (exact) mass is 223 g/mol. The van der Waals surface area contributed by atoms with Crippen molar-refractivity contribution in [2.45, 2.75) is 65.3 Å². The van der Waals surface area contributed by atoms with Crippen molar-refractivity contribution in [1.82, 2.24) is 4.90 Å². The summed E-state index contributed by atoms with van der Waals surface area (Å²) in [7, 11) is 0. The van der Waals surface area contributed by atoms with Gasteiger partial charge in [-0.25, -0.2) is 0 Å². The first-order valence-corrected chi connectivity index (χ1v) is 6.70. The van der Waals surface area contributed by atoms with Crippen LogP contribution in [0.25, 0.3) is 0 Å². The van der Waals surface area contributed by atoms with E-state index in [2.05, 4.69) is 31.7 Å². The molecule has 1 aliphatic carbocycles. The van der Waals surface area contributed by atoms with Gasteiger partial charge in [-0.1, -0.05) is 32.4 Å². The lowest BCUT2D eigenvalue weighted by molar-refractivity contribution is -0.130. The van der Waals surface area contributed by atoms with Crippen LogP contribution in [-0.2, 0) is 4.79 Å². The predicted molar refractivity (Wildman–Crippen MR) is 68.3 cm³/mol. The van der Waals surface area contributed by atoms with Crippen LogP contribution in [0.5, 0.6) is 0 Å². The molecular formula is C14H25NO. The van der Waals surface area contributed by atoms with Crippen LogP contribution in [0, 0.1) is 0 Å². The lowest BCUT2D eigenvalue weighted by atomic mass is 10.1. The third-order valence-corrected chi connectivity index (χ3v) is 3.25. The minimum Gasteiger partial charge on any atom is -0.339 e. The maximum Gasteiger partial charge on any atom is 0.226 e. The molecule has 0 aromatic carbocycles. The fourth-order valence-corrected chi connectivity index (χ4v) is 2.03. The van der Waals surface area contributed by atoms with E-state index in [1.54, 1.807) is 0 Å². The van der Waals surface area contributed by atoms with Crippen molar-refractivity contribution >= 4 is 5.91 Å². The predicted octanol–water partition coefficient (Wildman–Crippen LogP) is 3.52. The van der Waals surface area contributed by atoms with Crippen LogP contribution >= 0.6 is 0 Å². The smallest absolute Gasteiger partial charge is 0.226 e. The Hall–Kier alpha value is -0.790. The van der Waals surface area contributed by atoms with Crippen molar-refractivity contribution in [3.8, 4) is 0 Å². The van der Waals surface area contributed by atoms with Crippen LogP contribution in [0.15, 0.2) is 11.6 Å². The van der Waals surface area contributed by atoms with Gasteiger partial charge in [0.25, 0.3) is 0 Å². The number of hydrogen-bond donors (Lipinski definition) is 0. The normalized spacial score (nSPS) is 14.7. The van der Waals surface area contributed by atoms with E-state index in [4.69, 9.17) is 0 Å². The molecule has 1 aliphatic rings. The van der Waals surface area contributed by atoms with E-state index >= 15 is 0 Å². The van der Waals surface area contributed by atoms with E-state index in [0.717, 1.165) is 25.8 Å². The number of rotatable bonds is 7. The molecule has 0 aliphatic heterocycles. The first-order valence-electron chi connectivity index (χ1n) is 6.70. The zero-order chi connectivity index (χ0) is 12.0. The van der Waals surface area contributed by atoms with Gasteiger partial charge >= 0.3 is 0 Å². The summed E-state index contributed by atoms with van der Waals surface area (Å²) in [5.41, 5.74) is 1.40.